The lowest BCUT2D eigenvalue weighted by molar-refractivity contribution is 0.0873. The normalized spacial score (nSPS) is 15.8. The predicted molar refractivity (Wildman–Crippen MR) is 113 cm³/mol. The van der Waals surface area contributed by atoms with Crippen molar-refractivity contribution in [1.29, 1.82) is 0 Å². The van der Waals surface area contributed by atoms with E-state index in [-0.39, 0.29) is 11.4 Å². The summed E-state index contributed by atoms with van der Waals surface area (Å²) in [4.78, 5) is 30.5. The summed E-state index contributed by atoms with van der Waals surface area (Å²) in [5.41, 5.74) is 1.59. The number of nitrogens with zero attached hydrogens (tertiary/aromatic N) is 4. The molecule has 1 aliphatic carbocycles. The van der Waals surface area contributed by atoms with Crippen molar-refractivity contribution in [3.05, 3.63) is 53.7 Å². The molecule has 1 amide bonds. The number of rotatable bonds is 5. The molecule has 1 aliphatic rings. The highest BCUT2D eigenvalue weighted by Crippen LogP contribution is 2.29. The molecule has 150 valence electrons. The van der Waals surface area contributed by atoms with E-state index >= 15 is 0 Å². The van der Waals surface area contributed by atoms with Crippen molar-refractivity contribution in [3.63, 3.8) is 0 Å². The topological polar surface area (TPSA) is 92.7 Å². The van der Waals surface area contributed by atoms with E-state index in [0.717, 1.165) is 48.4 Å². The van der Waals surface area contributed by atoms with Crippen LogP contribution in [0.2, 0.25) is 0 Å². The van der Waals surface area contributed by atoms with E-state index in [1.807, 2.05) is 38.1 Å². The molecule has 0 atom stereocenters. The fraction of sp³-hybridized carbons (Fsp3) is 0.409. The van der Waals surface area contributed by atoms with Crippen LogP contribution in [-0.4, -0.2) is 37.9 Å². The number of hydrogen-bond acceptors (Lipinski definition) is 6. The maximum Gasteiger partial charge on any atom is 0.270 e. The van der Waals surface area contributed by atoms with E-state index in [1.165, 1.54) is 6.42 Å². The summed E-state index contributed by atoms with van der Waals surface area (Å²) in [6.07, 6.45) is 6.94. The first-order valence-electron chi connectivity index (χ1n) is 10.1. The fourth-order valence-corrected chi connectivity index (χ4v) is 4.03. The van der Waals surface area contributed by atoms with E-state index in [4.69, 9.17) is 0 Å². The predicted octanol–water partition coefficient (Wildman–Crippen LogP) is 3.58. The number of aryl methyl sites for hydroxylation is 2. The zero-order chi connectivity index (χ0) is 20.3. The highest BCUT2D eigenvalue weighted by molar-refractivity contribution is 5.94. The largest absolute Gasteiger partial charge is 0.368 e. The number of nitrogens with one attached hydrogen (secondary N) is 2. The number of hydrogen-bond donors (Lipinski definition) is 2. The third-order valence-corrected chi connectivity index (χ3v) is 5.46. The number of aromatic nitrogens is 4. The number of pyridine rings is 2. The first-order valence-corrected chi connectivity index (χ1v) is 10.1. The van der Waals surface area contributed by atoms with Crippen LogP contribution >= 0.6 is 0 Å². The van der Waals surface area contributed by atoms with E-state index in [1.54, 1.807) is 12.3 Å². The molecule has 0 spiro atoms. The lowest BCUT2D eigenvalue weighted by Gasteiger charge is -2.38. The van der Waals surface area contributed by atoms with Crippen molar-refractivity contribution in [2.45, 2.75) is 51.5 Å². The smallest absolute Gasteiger partial charge is 0.270 e. The SMILES string of the molecule is Cc1cc(NCC2(NC(=O)c3ccc4cccnc4n3)CCCCC2)nc(C)n1. The summed E-state index contributed by atoms with van der Waals surface area (Å²) in [7, 11) is 0. The van der Waals surface area contributed by atoms with Crippen LogP contribution in [0.4, 0.5) is 5.82 Å². The van der Waals surface area contributed by atoms with E-state index < -0.39 is 0 Å². The highest BCUT2D eigenvalue weighted by atomic mass is 16.2. The van der Waals surface area contributed by atoms with Gasteiger partial charge in [-0.15, -0.1) is 0 Å². The average Bonchev–Trinajstić information content (AvgIpc) is 2.72. The molecule has 7 nitrogen and oxygen atoms in total. The van der Waals surface area contributed by atoms with Gasteiger partial charge in [0, 0.05) is 29.9 Å². The second-order valence-corrected chi connectivity index (χ2v) is 7.84. The van der Waals surface area contributed by atoms with Gasteiger partial charge in [-0.2, -0.15) is 0 Å². The molecule has 1 fully saturated rings. The Balaban J connectivity index is 1.52. The molecular weight excluding hydrogens is 364 g/mol. The molecule has 1 saturated carbocycles. The van der Waals surface area contributed by atoms with Gasteiger partial charge in [-0.3, -0.25) is 4.79 Å². The van der Waals surface area contributed by atoms with Crippen LogP contribution in [0.15, 0.2) is 36.5 Å². The average molecular weight is 390 g/mol. The molecule has 4 rings (SSSR count). The summed E-state index contributed by atoms with van der Waals surface area (Å²) in [5, 5.41) is 7.63. The molecule has 29 heavy (non-hydrogen) atoms. The number of fused-ring (bicyclic) bond motifs is 1. The number of carbonyl (C=O) groups is 1. The van der Waals surface area contributed by atoms with Crippen LogP contribution < -0.4 is 10.6 Å². The molecule has 0 saturated heterocycles. The summed E-state index contributed by atoms with van der Waals surface area (Å²) in [5.74, 6) is 1.38. The molecule has 0 unspecified atom stereocenters. The summed E-state index contributed by atoms with van der Waals surface area (Å²) in [6.45, 7) is 4.47. The molecule has 0 bridgehead atoms. The minimum Gasteiger partial charge on any atom is -0.368 e. The van der Waals surface area contributed by atoms with Crippen LogP contribution in [0, 0.1) is 13.8 Å². The van der Waals surface area contributed by atoms with Crippen molar-refractivity contribution >= 4 is 22.8 Å². The number of carbonyl (C=O) groups excluding carboxylic acids is 1. The molecule has 0 radical (unpaired) electrons. The Morgan fingerprint density at radius 2 is 1.90 bits per heavy atom. The van der Waals surface area contributed by atoms with Gasteiger partial charge in [0.2, 0.25) is 0 Å². The Morgan fingerprint density at radius 1 is 1.07 bits per heavy atom. The van der Waals surface area contributed by atoms with Crippen molar-refractivity contribution in [2.24, 2.45) is 0 Å². The van der Waals surface area contributed by atoms with Gasteiger partial charge in [0.05, 0.1) is 5.54 Å². The third-order valence-electron chi connectivity index (χ3n) is 5.46. The van der Waals surface area contributed by atoms with Crippen molar-refractivity contribution in [1.82, 2.24) is 25.3 Å². The zero-order valence-electron chi connectivity index (χ0n) is 16.9. The van der Waals surface area contributed by atoms with Crippen LogP contribution in [-0.2, 0) is 0 Å². The molecule has 3 aromatic heterocycles. The van der Waals surface area contributed by atoms with Crippen molar-refractivity contribution in [3.8, 4) is 0 Å². The first-order chi connectivity index (χ1) is 14.0. The zero-order valence-corrected chi connectivity index (χ0v) is 16.9. The van der Waals surface area contributed by atoms with E-state index in [0.29, 0.717) is 17.9 Å². The summed E-state index contributed by atoms with van der Waals surface area (Å²) >= 11 is 0. The molecule has 0 aliphatic heterocycles. The van der Waals surface area contributed by atoms with Gasteiger partial charge in [0.25, 0.3) is 5.91 Å². The van der Waals surface area contributed by atoms with Crippen molar-refractivity contribution < 1.29 is 4.79 Å². The third kappa shape index (κ3) is 4.50. The maximum atomic E-state index is 13.0. The molecule has 3 heterocycles. The maximum absolute atomic E-state index is 13.0. The minimum absolute atomic E-state index is 0.156. The Hall–Kier alpha value is -3.09. The van der Waals surface area contributed by atoms with Gasteiger partial charge in [-0.25, -0.2) is 19.9 Å². The monoisotopic (exact) mass is 390 g/mol. The van der Waals surface area contributed by atoms with Gasteiger partial charge in [-0.1, -0.05) is 19.3 Å². The van der Waals surface area contributed by atoms with E-state index in [9.17, 15) is 4.79 Å². The first kappa shape index (κ1) is 19.2. The molecule has 0 aromatic carbocycles. The molecule has 7 heteroatoms. The minimum atomic E-state index is -0.317. The second-order valence-electron chi connectivity index (χ2n) is 7.84. The van der Waals surface area contributed by atoms with Gasteiger partial charge in [-0.05, 0) is 51.0 Å². The van der Waals surface area contributed by atoms with Crippen LogP contribution in [0.1, 0.15) is 54.1 Å². The Morgan fingerprint density at radius 3 is 2.69 bits per heavy atom. The lowest BCUT2D eigenvalue weighted by Crippen LogP contribution is -2.54. The quantitative estimate of drug-likeness (QED) is 0.692. The second kappa shape index (κ2) is 8.11. The molecule has 2 N–H and O–H groups in total. The van der Waals surface area contributed by atoms with Crippen molar-refractivity contribution in [2.75, 3.05) is 11.9 Å². The molecule has 3 aromatic rings. The molecular formula is C22H26N6O. The van der Waals surface area contributed by atoms with Gasteiger partial charge in [0.15, 0.2) is 5.65 Å². The Labute approximate surface area is 170 Å². The van der Waals surface area contributed by atoms with Gasteiger partial charge in [0.1, 0.15) is 17.3 Å². The summed E-state index contributed by atoms with van der Waals surface area (Å²) in [6, 6.07) is 9.39. The van der Waals surface area contributed by atoms with Crippen LogP contribution in [0.3, 0.4) is 0 Å². The number of anilines is 1. The van der Waals surface area contributed by atoms with Crippen LogP contribution in [0.25, 0.3) is 11.0 Å². The standard InChI is InChI=1S/C22H26N6O/c1-15-13-19(26-16(2)25-15)24-14-22(10-4-3-5-11-22)28-21(29)18-9-8-17-7-6-12-23-20(17)27-18/h6-9,12-13H,3-5,10-11,14H2,1-2H3,(H,28,29)(H,24,25,26). The van der Waals surface area contributed by atoms with E-state index in [2.05, 4.69) is 30.6 Å². The van der Waals surface area contributed by atoms with Gasteiger partial charge < -0.3 is 10.6 Å². The highest BCUT2D eigenvalue weighted by Gasteiger charge is 2.34. The fourth-order valence-electron chi connectivity index (χ4n) is 4.03. The Bertz CT molecular complexity index is 1010. The Kier molecular flexibility index (Phi) is 5.38. The van der Waals surface area contributed by atoms with Crippen LogP contribution in [0.5, 0.6) is 0 Å². The number of amides is 1. The van der Waals surface area contributed by atoms with Gasteiger partial charge >= 0.3 is 0 Å². The lowest BCUT2D eigenvalue weighted by atomic mass is 9.81. The summed E-state index contributed by atoms with van der Waals surface area (Å²) < 4.78 is 0.